The molecule has 0 atom stereocenters. The number of piperidine rings is 1. The minimum Gasteiger partial charge on any atom is -0.350 e. The third-order valence-electron chi connectivity index (χ3n) is 3.99. The molecule has 102 valence electrons. The van der Waals surface area contributed by atoms with Gasteiger partial charge in [0.15, 0.2) is 0 Å². The van der Waals surface area contributed by atoms with Crippen LogP contribution in [-0.2, 0) is 13.1 Å². The fourth-order valence-corrected chi connectivity index (χ4v) is 2.77. The Bertz CT molecular complexity index is 337. The SMILES string of the molecule is CCCn1cccc1CNC1CCN(CC)CC1. The van der Waals surface area contributed by atoms with Gasteiger partial charge in [-0.15, -0.1) is 0 Å². The quantitative estimate of drug-likeness (QED) is 0.836. The van der Waals surface area contributed by atoms with Crippen molar-refractivity contribution in [3.05, 3.63) is 24.0 Å². The summed E-state index contributed by atoms with van der Waals surface area (Å²) in [6.07, 6.45) is 5.99. The molecule has 0 spiro atoms. The molecule has 0 bridgehead atoms. The van der Waals surface area contributed by atoms with Gasteiger partial charge < -0.3 is 14.8 Å². The molecule has 3 nitrogen and oxygen atoms in total. The van der Waals surface area contributed by atoms with E-state index in [1.165, 1.54) is 44.6 Å². The molecule has 18 heavy (non-hydrogen) atoms. The number of aryl methyl sites for hydroxylation is 1. The van der Waals surface area contributed by atoms with E-state index in [2.05, 4.69) is 47.0 Å². The number of nitrogens with zero attached hydrogens (tertiary/aromatic N) is 2. The highest BCUT2D eigenvalue weighted by Crippen LogP contribution is 2.11. The molecule has 1 aliphatic rings. The van der Waals surface area contributed by atoms with Crippen molar-refractivity contribution in [3.63, 3.8) is 0 Å². The van der Waals surface area contributed by atoms with E-state index >= 15 is 0 Å². The standard InChI is InChI=1S/C15H27N3/c1-3-9-18-10-5-6-15(18)13-16-14-7-11-17(4-2)12-8-14/h5-6,10,14,16H,3-4,7-9,11-13H2,1-2H3. The van der Waals surface area contributed by atoms with Crippen LogP contribution in [0.15, 0.2) is 18.3 Å². The Labute approximate surface area is 111 Å². The van der Waals surface area contributed by atoms with Crippen molar-refractivity contribution >= 4 is 0 Å². The Kier molecular flexibility index (Phi) is 5.26. The second-order valence-corrected chi connectivity index (χ2v) is 5.28. The lowest BCUT2D eigenvalue weighted by Gasteiger charge is -2.31. The molecule has 0 aliphatic carbocycles. The largest absolute Gasteiger partial charge is 0.350 e. The predicted octanol–water partition coefficient (Wildman–Crippen LogP) is 2.47. The highest BCUT2D eigenvalue weighted by molar-refractivity contribution is 5.07. The van der Waals surface area contributed by atoms with Crippen LogP contribution in [0.1, 0.15) is 38.8 Å². The van der Waals surface area contributed by atoms with Gasteiger partial charge in [0, 0.05) is 31.0 Å². The number of hydrogen-bond acceptors (Lipinski definition) is 2. The third kappa shape index (κ3) is 3.59. The van der Waals surface area contributed by atoms with Gasteiger partial charge in [0.1, 0.15) is 0 Å². The van der Waals surface area contributed by atoms with E-state index in [-0.39, 0.29) is 0 Å². The van der Waals surface area contributed by atoms with E-state index in [0.717, 1.165) is 13.1 Å². The van der Waals surface area contributed by atoms with E-state index in [1.54, 1.807) is 0 Å². The van der Waals surface area contributed by atoms with Crippen LogP contribution < -0.4 is 5.32 Å². The Hall–Kier alpha value is -0.800. The number of likely N-dealkylation sites (tertiary alicyclic amines) is 1. The smallest absolute Gasteiger partial charge is 0.0361 e. The monoisotopic (exact) mass is 249 g/mol. The van der Waals surface area contributed by atoms with Crippen molar-refractivity contribution in [1.82, 2.24) is 14.8 Å². The van der Waals surface area contributed by atoms with Crippen LogP contribution in [-0.4, -0.2) is 35.1 Å². The second kappa shape index (κ2) is 6.95. The number of aromatic nitrogens is 1. The van der Waals surface area contributed by atoms with Crippen molar-refractivity contribution in [3.8, 4) is 0 Å². The van der Waals surface area contributed by atoms with Gasteiger partial charge in [-0.05, 0) is 51.0 Å². The first-order valence-corrected chi connectivity index (χ1v) is 7.43. The third-order valence-corrected chi connectivity index (χ3v) is 3.99. The van der Waals surface area contributed by atoms with Crippen molar-refractivity contribution in [1.29, 1.82) is 0 Å². The summed E-state index contributed by atoms with van der Waals surface area (Å²) in [6.45, 7) is 10.4. The van der Waals surface area contributed by atoms with Crippen LogP contribution in [0.25, 0.3) is 0 Å². The van der Waals surface area contributed by atoms with Crippen molar-refractivity contribution < 1.29 is 0 Å². The number of rotatable bonds is 6. The summed E-state index contributed by atoms with van der Waals surface area (Å²) in [4.78, 5) is 2.54. The lowest BCUT2D eigenvalue weighted by atomic mass is 10.1. The van der Waals surface area contributed by atoms with E-state index in [4.69, 9.17) is 0 Å². The highest BCUT2D eigenvalue weighted by atomic mass is 15.1. The zero-order valence-corrected chi connectivity index (χ0v) is 11.9. The van der Waals surface area contributed by atoms with Crippen LogP contribution in [0.4, 0.5) is 0 Å². The topological polar surface area (TPSA) is 20.2 Å². The molecule has 1 aromatic heterocycles. The summed E-state index contributed by atoms with van der Waals surface area (Å²) < 4.78 is 2.37. The summed E-state index contributed by atoms with van der Waals surface area (Å²) in [7, 11) is 0. The van der Waals surface area contributed by atoms with E-state index in [9.17, 15) is 0 Å². The highest BCUT2D eigenvalue weighted by Gasteiger charge is 2.17. The van der Waals surface area contributed by atoms with Gasteiger partial charge >= 0.3 is 0 Å². The maximum Gasteiger partial charge on any atom is 0.0361 e. The van der Waals surface area contributed by atoms with Crippen LogP contribution >= 0.6 is 0 Å². The van der Waals surface area contributed by atoms with Crippen LogP contribution in [0, 0.1) is 0 Å². The molecule has 0 saturated carbocycles. The molecule has 1 saturated heterocycles. The van der Waals surface area contributed by atoms with Gasteiger partial charge in [-0.1, -0.05) is 13.8 Å². The minimum atomic E-state index is 0.706. The minimum absolute atomic E-state index is 0.706. The Morgan fingerprint density at radius 1 is 1.28 bits per heavy atom. The molecule has 1 fully saturated rings. The first kappa shape index (κ1) is 13.6. The van der Waals surface area contributed by atoms with Gasteiger partial charge in [-0.3, -0.25) is 0 Å². The fraction of sp³-hybridized carbons (Fsp3) is 0.733. The molecule has 2 heterocycles. The summed E-state index contributed by atoms with van der Waals surface area (Å²) >= 11 is 0. The molecular formula is C15H27N3. The molecule has 0 aromatic carbocycles. The Morgan fingerprint density at radius 2 is 2.06 bits per heavy atom. The van der Waals surface area contributed by atoms with E-state index < -0.39 is 0 Å². The Morgan fingerprint density at radius 3 is 2.72 bits per heavy atom. The molecule has 3 heteroatoms. The van der Waals surface area contributed by atoms with Crippen molar-refractivity contribution in [2.75, 3.05) is 19.6 Å². The van der Waals surface area contributed by atoms with Gasteiger partial charge in [0.2, 0.25) is 0 Å². The van der Waals surface area contributed by atoms with E-state index in [0.29, 0.717) is 6.04 Å². The number of hydrogen-bond donors (Lipinski definition) is 1. The van der Waals surface area contributed by atoms with Crippen LogP contribution in [0.5, 0.6) is 0 Å². The van der Waals surface area contributed by atoms with E-state index in [1.807, 2.05) is 0 Å². The molecule has 2 rings (SSSR count). The fourth-order valence-electron chi connectivity index (χ4n) is 2.77. The average molecular weight is 249 g/mol. The molecule has 1 N–H and O–H groups in total. The summed E-state index contributed by atoms with van der Waals surface area (Å²) in [5, 5.41) is 3.72. The molecule has 1 aliphatic heterocycles. The summed E-state index contributed by atoms with van der Waals surface area (Å²) in [5.74, 6) is 0. The van der Waals surface area contributed by atoms with Gasteiger partial charge in [-0.2, -0.15) is 0 Å². The van der Waals surface area contributed by atoms with Gasteiger partial charge in [0.05, 0.1) is 0 Å². The molecule has 0 amide bonds. The zero-order valence-electron chi connectivity index (χ0n) is 11.9. The molecular weight excluding hydrogens is 222 g/mol. The summed E-state index contributed by atoms with van der Waals surface area (Å²) in [5.41, 5.74) is 1.43. The number of nitrogens with one attached hydrogen (secondary N) is 1. The molecule has 1 aromatic rings. The lowest BCUT2D eigenvalue weighted by Crippen LogP contribution is -2.42. The zero-order chi connectivity index (χ0) is 12.8. The predicted molar refractivity (Wildman–Crippen MR) is 76.7 cm³/mol. The average Bonchev–Trinajstić information content (AvgIpc) is 2.85. The summed E-state index contributed by atoms with van der Waals surface area (Å²) in [6, 6.07) is 5.11. The van der Waals surface area contributed by atoms with Crippen LogP contribution in [0.3, 0.4) is 0 Å². The van der Waals surface area contributed by atoms with Crippen LogP contribution in [0.2, 0.25) is 0 Å². The first-order chi connectivity index (χ1) is 8.83. The second-order valence-electron chi connectivity index (χ2n) is 5.28. The van der Waals surface area contributed by atoms with Crippen molar-refractivity contribution in [2.24, 2.45) is 0 Å². The van der Waals surface area contributed by atoms with Gasteiger partial charge in [0.25, 0.3) is 0 Å². The van der Waals surface area contributed by atoms with Crippen molar-refractivity contribution in [2.45, 2.75) is 52.2 Å². The molecule has 0 unspecified atom stereocenters. The van der Waals surface area contributed by atoms with Gasteiger partial charge in [-0.25, -0.2) is 0 Å². The normalized spacial score (nSPS) is 18.3. The first-order valence-electron chi connectivity index (χ1n) is 7.43. The maximum absolute atomic E-state index is 3.72. The maximum atomic E-state index is 3.72. The Balaban J connectivity index is 1.76. The lowest BCUT2D eigenvalue weighted by molar-refractivity contribution is 0.205. The molecule has 0 radical (unpaired) electrons.